The van der Waals surface area contributed by atoms with Gasteiger partial charge >= 0.3 is 0 Å². The Morgan fingerprint density at radius 1 is 1.18 bits per heavy atom. The Kier molecular flexibility index (Phi) is 5.24. The van der Waals surface area contributed by atoms with E-state index in [2.05, 4.69) is 28.7 Å². The lowest BCUT2D eigenvalue weighted by Gasteiger charge is -2.34. The average molecular weight is 373 g/mol. The maximum Gasteiger partial charge on any atom is 0.247 e. The minimum atomic E-state index is 0.0388. The molecule has 1 aliphatic heterocycles. The highest BCUT2D eigenvalue weighted by atomic mass is 16.5. The molecule has 0 spiro atoms. The summed E-state index contributed by atoms with van der Waals surface area (Å²) in [6, 6.07) is 15.8. The first kappa shape index (κ1) is 18.0. The standard InChI is InChI=1S/C23H23N3O2/c1-18-22-5-3-13-25(22)14-15-26(18)23(27)11-8-19-6-9-21(10-7-19)28-17-20-4-2-12-24-16-20/h2-13,16,18H,14-15,17H2,1H3. The Labute approximate surface area is 164 Å². The molecule has 5 nitrogen and oxygen atoms in total. The van der Waals surface area contributed by atoms with Crippen LogP contribution in [-0.2, 0) is 17.9 Å². The maximum absolute atomic E-state index is 12.6. The van der Waals surface area contributed by atoms with E-state index in [1.165, 1.54) is 5.69 Å². The van der Waals surface area contributed by atoms with Crippen LogP contribution in [0.1, 0.15) is 29.8 Å². The Morgan fingerprint density at radius 3 is 2.82 bits per heavy atom. The van der Waals surface area contributed by atoms with E-state index in [1.807, 2.05) is 53.4 Å². The number of ether oxygens (including phenoxy) is 1. The van der Waals surface area contributed by atoms with Gasteiger partial charge in [0.15, 0.2) is 0 Å². The van der Waals surface area contributed by atoms with Crippen molar-refractivity contribution in [1.29, 1.82) is 0 Å². The van der Waals surface area contributed by atoms with Gasteiger partial charge in [0, 0.05) is 49.0 Å². The van der Waals surface area contributed by atoms with Crippen LogP contribution in [0.15, 0.2) is 73.2 Å². The number of hydrogen-bond donors (Lipinski definition) is 0. The van der Waals surface area contributed by atoms with Crippen LogP contribution >= 0.6 is 0 Å². The third-order valence-electron chi connectivity index (χ3n) is 5.05. The molecule has 0 bridgehead atoms. The van der Waals surface area contributed by atoms with Gasteiger partial charge in [-0.15, -0.1) is 0 Å². The fraction of sp³-hybridized carbons (Fsp3) is 0.217. The molecule has 2 aromatic heterocycles. The van der Waals surface area contributed by atoms with E-state index in [-0.39, 0.29) is 11.9 Å². The van der Waals surface area contributed by atoms with Crippen LogP contribution in [-0.4, -0.2) is 26.9 Å². The number of hydrogen-bond acceptors (Lipinski definition) is 3. The lowest BCUT2D eigenvalue weighted by Crippen LogP contribution is -2.39. The molecule has 1 aromatic carbocycles. The number of carbonyl (C=O) groups excluding carboxylic acids is 1. The molecule has 5 heteroatoms. The summed E-state index contributed by atoms with van der Waals surface area (Å²) in [5.41, 5.74) is 3.18. The molecule has 3 heterocycles. The lowest BCUT2D eigenvalue weighted by molar-refractivity contribution is -0.129. The minimum Gasteiger partial charge on any atom is -0.489 e. The molecule has 0 fully saturated rings. The second-order valence-electron chi connectivity index (χ2n) is 6.89. The van der Waals surface area contributed by atoms with Gasteiger partial charge in [0.05, 0.1) is 6.04 Å². The summed E-state index contributed by atoms with van der Waals surface area (Å²) >= 11 is 0. The molecule has 4 rings (SSSR count). The average Bonchev–Trinajstić information content (AvgIpc) is 3.22. The van der Waals surface area contributed by atoms with Gasteiger partial charge < -0.3 is 14.2 Å². The summed E-state index contributed by atoms with van der Waals surface area (Å²) in [7, 11) is 0. The maximum atomic E-state index is 12.6. The van der Waals surface area contributed by atoms with E-state index in [0.717, 1.165) is 30.0 Å². The Hall–Kier alpha value is -3.34. The molecule has 1 amide bonds. The number of carbonyl (C=O) groups is 1. The van der Waals surface area contributed by atoms with Crippen molar-refractivity contribution in [3.63, 3.8) is 0 Å². The van der Waals surface area contributed by atoms with Crippen molar-refractivity contribution in [2.24, 2.45) is 0 Å². The fourth-order valence-corrected chi connectivity index (χ4v) is 3.47. The van der Waals surface area contributed by atoms with Gasteiger partial charge in [-0.05, 0) is 48.9 Å². The Bertz CT molecular complexity index is 961. The van der Waals surface area contributed by atoms with Crippen LogP contribution in [0.4, 0.5) is 0 Å². The summed E-state index contributed by atoms with van der Waals surface area (Å²) in [6.07, 6.45) is 9.12. The number of rotatable bonds is 5. The first-order valence-electron chi connectivity index (χ1n) is 9.46. The lowest BCUT2D eigenvalue weighted by atomic mass is 10.1. The molecule has 3 aromatic rings. The monoisotopic (exact) mass is 373 g/mol. The van der Waals surface area contributed by atoms with E-state index >= 15 is 0 Å². The van der Waals surface area contributed by atoms with E-state index in [0.29, 0.717) is 6.61 Å². The molecule has 0 aliphatic carbocycles. The van der Waals surface area contributed by atoms with Crippen LogP contribution < -0.4 is 4.74 Å². The van der Waals surface area contributed by atoms with Gasteiger partial charge in [0.1, 0.15) is 12.4 Å². The van der Waals surface area contributed by atoms with Crippen molar-refractivity contribution >= 4 is 12.0 Å². The zero-order valence-electron chi connectivity index (χ0n) is 15.9. The summed E-state index contributed by atoms with van der Waals surface area (Å²) < 4.78 is 7.98. The van der Waals surface area contributed by atoms with Crippen LogP contribution in [0.3, 0.4) is 0 Å². The molecule has 0 radical (unpaired) electrons. The number of aromatic nitrogens is 2. The number of nitrogens with zero attached hydrogens (tertiary/aromatic N) is 3. The smallest absolute Gasteiger partial charge is 0.247 e. The number of amides is 1. The summed E-state index contributed by atoms with van der Waals surface area (Å²) in [6.45, 7) is 4.13. The predicted molar refractivity (Wildman–Crippen MR) is 109 cm³/mol. The fourth-order valence-electron chi connectivity index (χ4n) is 3.47. The molecule has 142 valence electrons. The largest absolute Gasteiger partial charge is 0.489 e. The molecular weight excluding hydrogens is 350 g/mol. The highest BCUT2D eigenvalue weighted by Crippen LogP contribution is 2.25. The van der Waals surface area contributed by atoms with Crippen molar-refractivity contribution in [3.05, 3.63) is 90.0 Å². The quantitative estimate of drug-likeness (QED) is 0.633. The van der Waals surface area contributed by atoms with Crippen LogP contribution in [0, 0.1) is 0 Å². The second kappa shape index (κ2) is 8.13. The van der Waals surface area contributed by atoms with Crippen molar-refractivity contribution < 1.29 is 9.53 Å². The number of pyridine rings is 1. The van der Waals surface area contributed by atoms with Crippen LogP contribution in [0.25, 0.3) is 6.08 Å². The summed E-state index contributed by atoms with van der Waals surface area (Å²) in [5, 5.41) is 0. The predicted octanol–water partition coefficient (Wildman–Crippen LogP) is 4.08. The molecule has 28 heavy (non-hydrogen) atoms. The summed E-state index contributed by atoms with van der Waals surface area (Å²) in [5.74, 6) is 0.828. The zero-order chi connectivity index (χ0) is 19.3. The Morgan fingerprint density at radius 2 is 2.04 bits per heavy atom. The van der Waals surface area contributed by atoms with Gasteiger partial charge in [-0.3, -0.25) is 9.78 Å². The highest BCUT2D eigenvalue weighted by Gasteiger charge is 2.25. The molecule has 0 saturated carbocycles. The van der Waals surface area contributed by atoms with Crippen molar-refractivity contribution in [3.8, 4) is 5.75 Å². The topological polar surface area (TPSA) is 47.4 Å². The SMILES string of the molecule is CC1c2cccn2CCN1C(=O)C=Cc1ccc(OCc2cccnc2)cc1. The first-order valence-corrected chi connectivity index (χ1v) is 9.46. The third kappa shape index (κ3) is 3.98. The van der Waals surface area contributed by atoms with Crippen LogP contribution in [0.5, 0.6) is 5.75 Å². The zero-order valence-corrected chi connectivity index (χ0v) is 15.9. The van der Waals surface area contributed by atoms with E-state index < -0.39 is 0 Å². The van der Waals surface area contributed by atoms with Gasteiger partial charge in [-0.2, -0.15) is 0 Å². The number of fused-ring (bicyclic) bond motifs is 1. The van der Waals surface area contributed by atoms with Gasteiger partial charge in [0.2, 0.25) is 5.91 Å². The minimum absolute atomic E-state index is 0.0388. The second-order valence-corrected chi connectivity index (χ2v) is 6.89. The molecule has 1 atom stereocenters. The van der Waals surface area contributed by atoms with Gasteiger partial charge in [-0.25, -0.2) is 0 Å². The van der Waals surface area contributed by atoms with E-state index in [1.54, 1.807) is 18.5 Å². The number of benzene rings is 1. The normalized spacial score (nSPS) is 16.2. The summed E-state index contributed by atoms with van der Waals surface area (Å²) in [4.78, 5) is 18.6. The van der Waals surface area contributed by atoms with Crippen molar-refractivity contribution in [2.75, 3.05) is 6.54 Å². The molecule has 1 aliphatic rings. The van der Waals surface area contributed by atoms with Gasteiger partial charge in [0.25, 0.3) is 0 Å². The third-order valence-corrected chi connectivity index (χ3v) is 5.05. The first-order chi connectivity index (χ1) is 13.7. The van der Waals surface area contributed by atoms with Crippen molar-refractivity contribution in [1.82, 2.24) is 14.5 Å². The molecule has 1 unspecified atom stereocenters. The molecular formula is C23H23N3O2. The highest BCUT2D eigenvalue weighted by molar-refractivity contribution is 5.92. The van der Waals surface area contributed by atoms with Gasteiger partial charge in [-0.1, -0.05) is 18.2 Å². The Balaban J connectivity index is 1.35. The molecule has 0 N–H and O–H groups in total. The van der Waals surface area contributed by atoms with E-state index in [4.69, 9.17) is 4.74 Å². The van der Waals surface area contributed by atoms with E-state index in [9.17, 15) is 4.79 Å². The van der Waals surface area contributed by atoms with Crippen molar-refractivity contribution in [2.45, 2.75) is 26.1 Å². The van der Waals surface area contributed by atoms with Crippen LogP contribution in [0.2, 0.25) is 0 Å². The molecule has 0 saturated heterocycles.